The van der Waals surface area contributed by atoms with Gasteiger partial charge in [0, 0.05) is 19.6 Å². The Hall–Kier alpha value is -1.79. The maximum Gasteiger partial charge on any atom is 0.317 e. The van der Waals surface area contributed by atoms with Crippen LogP contribution in [0.3, 0.4) is 0 Å². The minimum absolute atomic E-state index is 0.130. The van der Waals surface area contributed by atoms with Gasteiger partial charge in [-0.05, 0) is 19.8 Å². The molecule has 2 atom stereocenters. The van der Waals surface area contributed by atoms with E-state index < -0.39 is 11.9 Å². The third-order valence-corrected chi connectivity index (χ3v) is 3.70. The van der Waals surface area contributed by atoms with Gasteiger partial charge in [-0.15, -0.1) is 0 Å². The van der Waals surface area contributed by atoms with E-state index in [2.05, 4.69) is 5.32 Å². The molecule has 2 N–H and O–H groups in total. The summed E-state index contributed by atoms with van der Waals surface area (Å²) < 4.78 is 4.80. The van der Waals surface area contributed by atoms with Gasteiger partial charge < -0.3 is 20.1 Å². The van der Waals surface area contributed by atoms with Gasteiger partial charge >= 0.3 is 18.0 Å². The Bertz CT molecular complexity index is 386. The van der Waals surface area contributed by atoms with E-state index in [1.54, 1.807) is 14.0 Å². The van der Waals surface area contributed by atoms with Crippen LogP contribution in [0, 0.1) is 5.92 Å². The Balaban J connectivity index is 2.43. The average molecular weight is 300 g/mol. The second kappa shape index (κ2) is 8.49. The van der Waals surface area contributed by atoms with Crippen molar-refractivity contribution in [3.8, 4) is 0 Å². The zero-order chi connectivity index (χ0) is 15.8. The minimum Gasteiger partial charge on any atom is -0.481 e. The number of urea groups is 1. The summed E-state index contributed by atoms with van der Waals surface area (Å²) in [7, 11) is 1.58. The number of ether oxygens (including phenoxy) is 1. The monoisotopic (exact) mass is 300 g/mol. The molecule has 0 aromatic heterocycles. The van der Waals surface area contributed by atoms with Gasteiger partial charge in [-0.2, -0.15) is 0 Å². The fourth-order valence-corrected chi connectivity index (χ4v) is 2.46. The first-order valence-corrected chi connectivity index (χ1v) is 7.35. The maximum atomic E-state index is 12.0. The fraction of sp³-hybridized carbons (Fsp3) is 0.786. The highest BCUT2D eigenvalue weighted by Gasteiger charge is 2.32. The third kappa shape index (κ3) is 5.61. The van der Waals surface area contributed by atoms with Gasteiger partial charge in [-0.1, -0.05) is 12.8 Å². The summed E-state index contributed by atoms with van der Waals surface area (Å²) in [5, 5.41) is 11.9. The number of carbonyl (C=O) groups excluding carboxylic acids is 2. The van der Waals surface area contributed by atoms with Crippen LogP contribution in [0.4, 0.5) is 4.79 Å². The Morgan fingerprint density at radius 2 is 1.95 bits per heavy atom. The number of hydrogen-bond acceptors (Lipinski definition) is 4. The summed E-state index contributed by atoms with van der Waals surface area (Å²) in [4.78, 5) is 35.8. The molecule has 7 nitrogen and oxygen atoms in total. The van der Waals surface area contributed by atoms with Crippen molar-refractivity contribution in [3.05, 3.63) is 0 Å². The lowest BCUT2D eigenvalue weighted by Crippen LogP contribution is -2.49. The minimum atomic E-state index is -0.867. The average Bonchev–Trinajstić information content (AvgIpc) is 2.45. The van der Waals surface area contributed by atoms with Gasteiger partial charge in [-0.3, -0.25) is 9.59 Å². The molecule has 2 amide bonds. The fourth-order valence-electron chi connectivity index (χ4n) is 2.46. The van der Waals surface area contributed by atoms with Gasteiger partial charge in [0.15, 0.2) is 0 Å². The first kappa shape index (κ1) is 17.3. The lowest BCUT2D eigenvalue weighted by Gasteiger charge is -2.30. The van der Waals surface area contributed by atoms with Gasteiger partial charge in [-0.25, -0.2) is 4.79 Å². The predicted molar refractivity (Wildman–Crippen MR) is 75.8 cm³/mol. The quantitative estimate of drug-likeness (QED) is 0.719. The molecule has 120 valence electrons. The van der Waals surface area contributed by atoms with Crippen LogP contribution in [0.5, 0.6) is 0 Å². The first-order chi connectivity index (χ1) is 9.95. The summed E-state index contributed by atoms with van der Waals surface area (Å²) in [6, 6.07) is -0.689. The van der Waals surface area contributed by atoms with Crippen molar-refractivity contribution in [2.75, 3.05) is 20.2 Å². The molecule has 0 aromatic carbocycles. The number of rotatable bonds is 6. The molecule has 2 unspecified atom stereocenters. The van der Waals surface area contributed by atoms with E-state index >= 15 is 0 Å². The molecule has 0 saturated heterocycles. The Morgan fingerprint density at radius 1 is 1.29 bits per heavy atom. The van der Waals surface area contributed by atoms with Gasteiger partial charge in [0.05, 0.1) is 18.9 Å². The van der Waals surface area contributed by atoms with Crippen LogP contribution < -0.4 is 5.32 Å². The van der Waals surface area contributed by atoms with E-state index in [-0.39, 0.29) is 31.0 Å². The highest BCUT2D eigenvalue weighted by atomic mass is 16.5. The molecule has 21 heavy (non-hydrogen) atoms. The summed E-state index contributed by atoms with van der Waals surface area (Å²) in [6.07, 6.45) is 3.19. The van der Waals surface area contributed by atoms with Crippen molar-refractivity contribution in [2.24, 2.45) is 5.92 Å². The van der Waals surface area contributed by atoms with Crippen LogP contribution in [0.25, 0.3) is 0 Å². The number of aliphatic carboxylic acids is 1. The predicted octanol–water partition coefficient (Wildman–Crippen LogP) is 1.22. The number of amides is 2. The molecule has 1 fully saturated rings. The molecule has 0 bridgehead atoms. The third-order valence-electron chi connectivity index (χ3n) is 3.70. The zero-order valence-electron chi connectivity index (χ0n) is 12.6. The SMILES string of the molecule is CCOC(=O)CCN(C)C(=O)NC1CCCCC1C(=O)O. The topological polar surface area (TPSA) is 95.9 Å². The van der Waals surface area contributed by atoms with E-state index in [4.69, 9.17) is 9.84 Å². The standard InChI is InChI=1S/C14H24N2O5/c1-3-21-12(17)8-9-16(2)14(20)15-11-7-5-4-6-10(11)13(18)19/h10-11H,3-9H2,1-2H3,(H,15,20)(H,18,19). The zero-order valence-corrected chi connectivity index (χ0v) is 12.6. The molecule has 1 aliphatic rings. The van der Waals surface area contributed by atoms with Crippen molar-refractivity contribution in [1.29, 1.82) is 0 Å². The highest BCUT2D eigenvalue weighted by Crippen LogP contribution is 2.24. The largest absolute Gasteiger partial charge is 0.481 e. The molecule has 0 heterocycles. The molecular formula is C14H24N2O5. The van der Waals surface area contributed by atoms with Gasteiger partial charge in [0.2, 0.25) is 0 Å². The molecule has 0 aliphatic heterocycles. The second-order valence-electron chi connectivity index (χ2n) is 5.26. The maximum absolute atomic E-state index is 12.0. The molecule has 7 heteroatoms. The molecule has 1 saturated carbocycles. The second-order valence-corrected chi connectivity index (χ2v) is 5.26. The van der Waals surface area contributed by atoms with Crippen LogP contribution in [-0.4, -0.2) is 54.2 Å². The van der Waals surface area contributed by atoms with Crippen LogP contribution in [0.15, 0.2) is 0 Å². The van der Waals surface area contributed by atoms with E-state index in [1.807, 2.05) is 0 Å². The van der Waals surface area contributed by atoms with Crippen molar-refractivity contribution >= 4 is 18.0 Å². The van der Waals surface area contributed by atoms with Crippen LogP contribution >= 0.6 is 0 Å². The summed E-state index contributed by atoms with van der Waals surface area (Å²) in [5.41, 5.74) is 0. The summed E-state index contributed by atoms with van der Waals surface area (Å²) in [6.45, 7) is 2.29. The van der Waals surface area contributed by atoms with E-state index in [1.165, 1.54) is 4.90 Å². The number of carbonyl (C=O) groups is 3. The first-order valence-electron chi connectivity index (χ1n) is 7.35. The Morgan fingerprint density at radius 3 is 2.57 bits per heavy atom. The summed E-state index contributed by atoms with van der Waals surface area (Å²) in [5.74, 6) is -1.74. The lowest BCUT2D eigenvalue weighted by molar-refractivity contribution is -0.144. The molecule has 0 aromatic rings. The van der Waals surface area contributed by atoms with Gasteiger partial charge in [0.25, 0.3) is 0 Å². The smallest absolute Gasteiger partial charge is 0.317 e. The van der Waals surface area contributed by atoms with Crippen molar-refractivity contribution in [3.63, 3.8) is 0 Å². The normalized spacial score (nSPS) is 21.4. The van der Waals surface area contributed by atoms with Crippen molar-refractivity contribution < 1.29 is 24.2 Å². The number of nitrogens with zero attached hydrogens (tertiary/aromatic N) is 1. The molecule has 0 spiro atoms. The molecule has 1 rings (SSSR count). The number of esters is 1. The van der Waals surface area contributed by atoms with Crippen LogP contribution in [0.2, 0.25) is 0 Å². The van der Waals surface area contributed by atoms with E-state index in [0.717, 1.165) is 12.8 Å². The molecule has 0 radical (unpaired) electrons. The van der Waals surface area contributed by atoms with Crippen molar-refractivity contribution in [1.82, 2.24) is 10.2 Å². The number of carboxylic acid groups (broad SMARTS) is 1. The lowest BCUT2D eigenvalue weighted by atomic mass is 9.84. The highest BCUT2D eigenvalue weighted by molar-refractivity contribution is 5.77. The van der Waals surface area contributed by atoms with Gasteiger partial charge in [0.1, 0.15) is 0 Å². The van der Waals surface area contributed by atoms with Crippen molar-refractivity contribution in [2.45, 2.75) is 45.1 Å². The Labute approximate surface area is 124 Å². The number of carboxylic acids is 1. The number of nitrogens with one attached hydrogen (secondary N) is 1. The summed E-state index contributed by atoms with van der Waals surface area (Å²) >= 11 is 0. The molecular weight excluding hydrogens is 276 g/mol. The molecule has 1 aliphatic carbocycles. The van der Waals surface area contributed by atoms with E-state index in [0.29, 0.717) is 19.4 Å². The van der Waals surface area contributed by atoms with Crippen LogP contribution in [0.1, 0.15) is 39.0 Å². The van der Waals surface area contributed by atoms with Crippen LogP contribution in [-0.2, 0) is 14.3 Å². The Kier molecular flexibility index (Phi) is 6.98. The van der Waals surface area contributed by atoms with E-state index in [9.17, 15) is 14.4 Å². The number of hydrogen-bond donors (Lipinski definition) is 2.